The largest absolute Gasteiger partial charge is 0.474 e. The lowest BCUT2D eigenvalue weighted by Crippen LogP contribution is -2.32. The molecule has 0 saturated carbocycles. The molecule has 0 spiro atoms. The molecule has 2 aromatic rings. The predicted molar refractivity (Wildman–Crippen MR) is 91.2 cm³/mol. The van der Waals surface area contributed by atoms with Crippen LogP contribution in [0.1, 0.15) is 27.7 Å². The van der Waals surface area contributed by atoms with Gasteiger partial charge in [-0.15, -0.1) is 0 Å². The Morgan fingerprint density at radius 1 is 0.762 bits per heavy atom. The van der Waals surface area contributed by atoms with E-state index in [0.717, 1.165) is 10.9 Å². The molecule has 2 rings (SSSR count). The molecule has 1 atom stereocenters. The Morgan fingerprint density at radius 2 is 1.24 bits per heavy atom. The molecule has 0 heterocycles. The standard InChI is InChI=1S/C18H23NOP/c1-14(2)19(15(3)4)21(20)18-12-10-17(11-13-18)16-8-6-5-7-9-16/h5-15H,1-4H3/q+1. The summed E-state index contributed by atoms with van der Waals surface area (Å²) in [5, 5.41) is 0.895. The summed E-state index contributed by atoms with van der Waals surface area (Å²) in [5.41, 5.74) is 2.34. The van der Waals surface area contributed by atoms with Gasteiger partial charge in [0.25, 0.3) is 0 Å². The summed E-state index contributed by atoms with van der Waals surface area (Å²) in [6.45, 7) is 8.36. The summed E-state index contributed by atoms with van der Waals surface area (Å²) in [4.78, 5) is 0. The average molecular weight is 300 g/mol. The van der Waals surface area contributed by atoms with E-state index in [-0.39, 0.29) is 12.1 Å². The van der Waals surface area contributed by atoms with Gasteiger partial charge in [-0.05, 0) is 67.7 Å². The highest BCUT2D eigenvalue weighted by atomic mass is 31.1. The molecule has 0 bridgehead atoms. The monoisotopic (exact) mass is 300 g/mol. The molecular formula is C18H23NOP+. The van der Waals surface area contributed by atoms with Crippen LogP contribution in [0.5, 0.6) is 0 Å². The van der Waals surface area contributed by atoms with E-state index in [9.17, 15) is 4.57 Å². The number of benzene rings is 2. The SMILES string of the molecule is CC(C)N(C(C)C)[P+](=O)c1ccc(-c2ccccc2)cc1. The smallest absolute Gasteiger partial charge is 0.0869 e. The normalized spacial score (nSPS) is 12.2. The van der Waals surface area contributed by atoms with Gasteiger partial charge in [-0.25, -0.2) is 0 Å². The fourth-order valence-electron chi connectivity index (χ4n) is 2.56. The minimum Gasteiger partial charge on any atom is -0.0869 e. The molecule has 0 radical (unpaired) electrons. The van der Waals surface area contributed by atoms with Crippen molar-refractivity contribution in [2.24, 2.45) is 0 Å². The summed E-state index contributed by atoms with van der Waals surface area (Å²) >= 11 is 0. The molecule has 0 N–H and O–H groups in total. The summed E-state index contributed by atoms with van der Waals surface area (Å²) in [6, 6.07) is 18.9. The zero-order chi connectivity index (χ0) is 15.4. The first-order chi connectivity index (χ1) is 10.0. The van der Waals surface area contributed by atoms with Gasteiger partial charge in [0.05, 0.1) is 0 Å². The van der Waals surface area contributed by atoms with Crippen LogP contribution in [0.15, 0.2) is 54.6 Å². The van der Waals surface area contributed by atoms with E-state index in [1.165, 1.54) is 5.56 Å². The zero-order valence-electron chi connectivity index (χ0n) is 13.2. The zero-order valence-corrected chi connectivity index (χ0v) is 14.0. The van der Waals surface area contributed by atoms with Crippen LogP contribution in [0.2, 0.25) is 0 Å². The van der Waals surface area contributed by atoms with Crippen molar-refractivity contribution >= 4 is 13.3 Å². The first-order valence-electron chi connectivity index (χ1n) is 7.41. The van der Waals surface area contributed by atoms with Crippen LogP contribution in [-0.2, 0) is 4.57 Å². The maximum absolute atomic E-state index is 12.7. The van der Waals surface area contributed by atoms with Crippen molar-refractivity contribution in [1.29, 1.82) is 0 Å². The van der Waals surface area contributed by atoms with Gasteiger partial charge in [0.1, 0.15) is 0 Å². The van der Waals surface area contributed by atoms with E-state index < -0.39 is 7.95 Å². The fourth-order valence-corrected chi connectivity index (χ4v) is 4.07. The van der Waals surface area contributed by atoms with E-state index in [1.807, 2.05) is 30.3 Å². The number of nitrogens with zero attached hydrogens (tertiary/aromatic N) is 1. The molecule has 0 aliphatic carbocycles. The first-order valence-corrected chi connectivity index (χ1v) is 8.63. The van der Waals surface area contributed by atoms with Gasteiger partial charge in [0, 0.05) is 12.1 Å². The molecule has 3 heteroatoms. The van der Waals surface area contributed by atoms with Crippen LogP contribution in [0, 0.1) is 0 Å². The molecule has 2 aromatic carbocycles. The van der Waals surface area contributed by atoms with Crippen LogP contribution in [-0.4, -0.2) is 16.8 Å². The van der Waals surface area contributed by atoms with Crippen LogP contribution in [0.25, 0.3) is 11.1 Å². The summed E-state index contributed by atoms with van der Waals surface area (Å²) in [6.07, 6.45) is 0. The molecule has 1 unspecified atom stereocenters. The maximum Gasteiger partial charge on any atom is 0.474 e. The molecule has 21 heavy (non-hydrogen) atoms. The van der Waals surface area contributed by atoms with Crippen LogP contribution in [0.3, 0.4) is 0 Å². The Labute approximate surface area is 128 Å². The van der Waals surface area contributed by atoms with Crippen molar-refractivity contribution in [3.05, 3.63) is 54.6 Å². The summed E-state index contributed by atoms with van der Waals surface area (Å²) in [5.74, 6) is 0. The van der Waals surface area contributed by atoms with Crippen LogP contribution in [0.4, 0.5) is 0 Å². The van der Waals surface area contributed by atoms with Crippen molar-refractivity contribution in [2.75, 3.05) is 0 Å². The maximum atomic E-state index is 12.7. The number of hydrogen-bond donors (Lipinski definition) is 0. The van der Waals surface area contributed by atoms with Gasteiger partial charge in [-0.3, -0.25) is 0 Å². The van der Waals surface area contributed by atoms with Gasteiger partial charge in [-0.2, -0.15) is 0 Å². The topological polar surface area (TPSA) is 20.3 Å². The first kappa shape index (κ1) is 15.9. The predicted octanol–water partition coefficient (Wildman–Crippen LogP) is 4.84. The van der Waals surface area contributed by atoms with Crippen molar-refractivity contribution in [3.8, 4) is 11.1 Å². The summed E-state index contributed by atoms with van der Waals surface area (Å²) < 4.78 is 14.8. The van der Waals surface area contributed by atoms with Gasteiger partial charge in [-0.1, -0.05) is 35.0 Å². The lowest BCUT2D eigenvalue weighted by atomic mass is 10.1. The highest BCUT2D eigenvalue weighted by molar-refractivity contribution is 7.51. The molecule has 2 nitrogen and oxygen atoms in total. The van der Waals surface area contributed by atoms with Crippen molar-refractivity contribution in [2.45, 2.75) is 39.8 Å². The molecule has 0 aromatic heterocycles. The van der Waals surface area contributed by atoms with E-state index in [0.29, 0.717) is 0 Å². The molecule has 0 saturated heterocycles. The summed E-state index contributed by atoms with van der Waals surface area (Å²) in [7, 11) is -1.52. The minimum absolute atomic E-state index is 0.266. The van der Waals surface area contributed by atoms with Crippen molar-refractivity contribution in [1.82, 2.24) is 4.67 Å². The quantitative estimate of drug-likeness (QED) is 0.736. The van der Waals surface area contributed by atoms with Crippen LogP contribution < -0.4 is 5.30 Å². The second-order valence-electron chi connectivity index (χ2n) is 5.75. The molecule has 0 aliphatic rings. The second kappa shape index (κ2) is 6.98. The van der Waals surface area contributed by atoms with E-state index in [4.69, 9.17) is 0 Å². The van der Waals surface area contributed by atoms with E-state index in [2.05, 4.69) is 56.6 Å². The lowest BCUT2D eigenvalue weighted by Gasteiger charge is -2.18. The Hall–Kier alpha value is -1.50. The van der Waals surface area contributed by atoms with Crippen molar-refractivity contribution < 1.29 is 4.57 Å². The highest BCUT2D eigenvalue weighted by Gasteiger charge is 2.35. The fraction of sp³-hybridized carbons (Fsp3) is 0.333. The molecular weight excluding hydrogens is 277 g/mol. The van der Waals surface area contributed by atoms with Crippen LogP contribution >= 0.6 is 7.95 Å². The lowest BCUT2D eigenvalue weighted by molar-refractivity contribution is 0.313. The second-order valence-corrected chi connectivity index (χ2v) is 7.28. The van der Waals surface area contributed by atoms with Gasteiger partial charge >= 0.3 is 7.95 Å². The average Bonchev–Trinajstić information content (AvgIpc) is 2.47. The number of hydrogen-bond acceptors (Lipinski definition) is 1. The van der Waals surface area contributed by atoms with Crippen molar-refractivity contribution in [3.63, 3.8) is 0 Å². The molecule has 0 fully saturated rings. The van der Waals surface area contributed by atoms with Gasteiger partial charge < -0.3 is 0 Å². The molecule has 0 amide bonds. The minimum atomic E-state index is -1.52. The van der Waals surface area contributed by atoms with E-state index >= 15 is 0 Å². The van der Waals surface area contributed by atoms with Gasteiger partial charge in [0.2, 0.25) is 5.30 Å². The highest BCUT2D eigenvalue weighted by Crippen LogP contribution is 2.32. The Kier molecular flexibility index (Phi) is 5.27. The Balaban J connectivity index is 2.24. The number of rotatable bonds is 5. The third kappa shape index (κ3) is 3.78. The molecule has 110 valence electrons. The molecule has 0 aliphatic heterocycles. The van der Waals surface area contributed by atoms with Gasteiger partial charge in [0.15, 0.2) is 0 Å². The third-order valence-corrected chi connectivity index (χ3v) is 5.55. The Bertz CT molecular complexity index is 582. The van der Waals surface area contributed by atoms with E-state index in [1.54, 1.807) is 0 Å². The third-order valence-electron chi connectivity index (χ3n) is 3.46. The Morgan fingerprint density at radius 3 is 1.71 bits per heavy atom.